The largest absolute Gasteiger partial charge is 0.486 e. The number of rotatable bonds is 4. The van der Waals surface area contributed by atoms with Crippen LogP contribution in [0.15, 0.2) is 35.7 Å². The standard InChI is InChI=1S/C19H18N2O3S2/c1-12-17(26-18(20-12)16-4-3-9-25-16)19(22)21(2)11-13-5-6-14-15(10-13)24-8-7-23-14/h3-6,9-10H,7-8,11H2,1-2H3. The highest BCUT2D eigenvalue weighted by Crippen LogP contribution is 2.33. The van der Waals surface area contributed by atoms with Crippen LogP contribution in [0.2, 0.25) is 0 Å². The van der Waals surface area contributed by atoms with Gasteiger partial charge in [0.05, 0.1) is 10.6 Å². The van der Waals surface area contributed by atoms with Crippen LogP contribution in [0, 0.1) is 6.92 Å². The number of benzene rings is 1. The number of aryl methyl sites for hydroxylation is 1. The fourth-order valence-corrected chi connectivity index (χ4v) is 4.66. The van der Waals surface area contributed by atoms with Gasteiger partial charge in [-0.05, 0) is 36.1 Å². The molecule has 0 bridgehead atoms. The molecule has 0 unspecified atom stereocenters. The van der Waals surface area contributed by atoms with E-state index in [0.717, 1.165) is 32.6 Å². The number of amides is 1. The Morgan fingerprint density at radius 3 is 2.81 bits per heavy atom. The molecule has 1 aliphatic heterocycles. The van der Waals surface area contributed by atoms with Crippen molar-refractivity contribution in [2.24, 2.45) is 0 Å². The Bertz CT molecular complexity index is 934. The average molecular weight is 386 g/mol. The van der Waals surface area contributed by atoms with Crippen molar-refractivity contribution in [2.75, 3.05) is 20.3 Å². The molecule has 1 aliphatic rings. The van der Waals surface area contributed by atoms with Crippen LogP contribution in [0.5, 0.6) is 11.5 Å². The molecule has 2 aromatic heterocycles. The van der Waals surface area contributed by atoms with Gasteiger partial charge in [0.15, 0.2) is 11.5 Å². The summed E-state index contributed by atoms with van der Waals surface area (Å²) in [6.45, 7) is 3.51. The number of ether oxygens (including phenoxy) is 2. The summed E-state index contributed by atoms with van der Waals surface area (Å²) in [7, 11) is 1.81. The Kier molecular flexibility index (Phi) is 4.65. The molecule has 0 radical (unpaired) electrons. The van der Waals surface area contributed by atoms with Gasteiger partial charge >= 0.3 is 0 Å². The van der Waals surface area contributed by atoms with Gasteiger partial charge in [0.25, 0.3) is 5.91 Å². The Balaban J connectivity index is 1.51. The molecule has 0 N–H and O–H groups in total. The molecule has 0 aliphatic carbocycles. The third kappa shape index (κ3) is 3.32. The molecule has 0 spiro atoms. The molecule has 0 saturated carbocycles. The topological polar surface area (TPSA) is 51.7 Å². The van der Waals surface area contributed by atoms with Gasteiger partial charge < -0.3 is 14.4 Å². The van der Waals surface area contributed by atoms with E-state index in [-0.39, 0.29) is 5.91 Å². The summed E-state index contributed by atoms with van der Waals surface area (Å²) in [6, 6.07) is 9.82. The molecule has 134 valence electrons. The Morgan fingerprint density at radius 2 is 2.04 bits per heavy atom. The van der Waals surface area contributed by atoms with Crippen molar-refractivity contribution >= 4 is 28.6 Å². The highest BCUT2D eigenvalue weighted by atomic mass is 32.1. The van der Waals surface area contributed by atoms with Gasteiger partial charge in [-0.2, -0.15) is 0 Å². The van der Waals surface area contributed by atoms with Crippen molar-refractivity contribution in [3.8, 4) is 21.4 Å². The quantitative estimate of drug-likeness (QED) is 0.674. The monoisotopic (exact) mass is 386 g/mol. The van der Waals surface area contributed by atoms with E-state index in [9.17, 15) is 4.79 Å². The highest BCUT2D eigenvalue weighted by molar-refractivity contribution is 7.22. The Morgan fingerprint density at radius 1 is 1.23 bits per heavy atom. The second-order valence-electron chi connectivity index (χ2n) is 6.05. The molecule has 3 heterocycles. The van der Waals surface area contributed by atoms with Crippen LogP contribution in [0.3, 0.4) is 0 Å². The summed E-state index contributed by atoms with van der Waals surface area (Å²) in [5, 5.41) is 2.91. The zero-order valence-corrected chi connectivity index (χ0v) is 16.2. The van der Waals surface area contributed by atoms with E-state index in [1.165, 1.54) is 11.3 Å². The molecule has 1 aromatic carbocycles. The number of nitrogens with zero attached hydrogens (tertiary/aromatic N) is 2. The first kappa shape index (κ1) is 17.1. The lowest BCUT2D eigenvalue weighted by Gasteiger charge is -2.21. The molecule has 1 amide bonds. The molecular weight excluding hydrogens is 368 g/mol. The predicted molar refractivity (Wildman–Crippen MR) is 103 cm³/mol. The summed E-state index contributed by atoms with van der Waals surface area (Å²) in [6.07, 6.45) is 0. The lowest BCUT2D eigenvalue weighted by atomic mass is 10.2. The average Bonchev–Trinajstić information content (AvgIpc) is 3.30. The third-order valence-electron chi connectivity index (χ3n) is 4.10. The van der Waals surface area contributed by atoms with Gasteiger partial charge in [0, 0.05) is 13.6 Å². The molecule has 5 nitrogen and oxygen atoms in total. The first-order chi connectivity index (χ1) is 12.6. The first-order valence-electron chi connectivity index (χ1n) is 8.27. The number of hydrogen-bond acceptors (Lipinski definition) is 6. The van der Waals surface area contributed by atoms with Crippen molar-refractivity contribution in [1.29, 1.82) is 0 Å². The minimum atomic E-state index is -0.0160. The number of aromatic nitrogens is 1. The molecule has 4 rings (SSSR count). The van der Waals surface area contributed by atoms with E-state index in [2.05, 4.69) is 4.98 Å². The van der Waals surface area contributed by atoms with E-state index < -0.39 is 0 Å². The van der Waals surface area contributed by atoms with Crippen LogP contribution >= 0.6 is 22.7 Å². The summed E-state index contributed by atoms with van der Waals surface area (Å²) >= 11 is 3.08. The van der Waals surface area contributed by atoms with Gasteiger partial charge in [-0.1, -0.05) is 12.1 Å². The van der Waals surface area contributed by atoms with Crippen molar-refractivity contribution in [2.45, 2.75) is 13.5 Å². The number of thiophene rings is 1. The normalized spacial score (nSPS) is 12.8. The number of fused-ring (bicyclic) bond motifs is 1. The molecule has 0 saturated heterocycles. The zero-order chi connectivity index (χ0) is 18.1. The van der Waals surface area contributed by atoms with Crippen LogP contribution < -0.4 is 9.47 Å². The van der Waals surface area contributed by atoms with E-state index in [4.69, 9.17) is 9.47 Å². The van der Waals surface area contributed by atoms with Crippen molar-refractivity contribution in [1.82, 2.24) is 9.88 Å². The lowest BCUT2D eigenvalue weighted by molar-refractivity contribution is 0.0788. The van der Waals surface area contributed by atoms with Gasteiger partial charge in [-0.25, -0.2) is 4.98 Å². The zero-order valence-electron chi connectivity index (χ0n) is 14.5. The van der Waals surface area contributed by atoms with Gasteiger partial charge in [-0.3, -0.25) is 4.79 Å². The molecule has 3 aromatic rings. The maximum atomic E-state index is 12.9. The Hall–Kier alpha value is -2.38. The van der Waals surface area contributed by atoms with Crippen molar-refractivity contribution in [3.63, 3.8) is 0 Å². The maximum absolute atomic E-state index is 12.9. The number of carbonyl (C=O) groups is 1. The predicted octanol–water partition coefficient (Wildman–Crippen LogP) is 4.22. The molecule has 0 fully saturated rings. The number of hydrogen-bond donors (Lipinski definition) is 0. The van der Waals surface area contributed by atoms with E-state index in [1.54, 1.807) is 16.2 Å². The van der Waals surface area contributed by atoms with Crippen LogP contribution in [0.1, 0.15) is 20.9 Å². The molecule has 7 heteroatoms. The van der Waals surface area contributed by atoms with Gasteiger partial charge in [0.1, 0.15) is 23.1 Å². The smallest absolute Gasteiger partial charge is 0.265 e. The summed E-state index contributed by atoms with van der Waals surface area (Å²) in [5.41, 5.74) is 1.78. The highest BCUT2D eigenvalue weighted by Gasteiger charge is 2.21. The lowest BCUT2D eigenvalue weighted by Crippen LogP contribution is -2.26. The van der Waals surface area contributed by atoms with Crippen molar-refractivity contribution in [3.05, 3.63) is 51.8 Å². The van der Waals surface area contributed by atoms with E-state index >= 15 is 0 Å². The van der Waals surface area contributed by atoms with Crippen LogP contribution in [-0.4, -0.2) is 36.1 Å². The Labute approximate surface area is 159 Å². The fraction of sp³-hybridized carbons (Fsp3) is 0.263. The third-order valence-corrected chi connectivity index (χ3v) is 6.28. The second-order valence-corrected chi connectivity index (χ2v) is 8.00. The second kappa shape index (κ2) is 7.09. The van der Waals surface area contributed by atoms with Crippen LogP contribution in [-0.2, 0) is 6.54 Å². The molecule has 0 atom stereocenters. The number of carbonyl (C=O) groups excluding carboxylic acids is 1. The minimum absolute atomic E-state index is 0.0160. The van der Waals surface area contributed by atoms with Crippen molar-refractivity contribution < 1.29 is 14.3 Å². The van der Waals surface area contributed by atoms with Crippen LogP contribution in [0.25, 0.3) is 9.88 Å². The fourth-order valence-electron chi connectivity index (χ4n) is 2.81. The SMILES string of the molecule is Cc1nc(-c2cccs2)sc1C(=O)N(C)Cc1ccc2c(c1)OCCO2. The van der Waals surface area contributed by atoms with E-state index in [0.29, 0.717) is 24.6 Å². The van der Waals surface area contributed by atoms with Gasteiger partial charge in [-0.15, -0.1) is 22.7 Å². The summed E-state index contributed by atoms with van der Waals surface area (Å²) in [5.74, 6) is 1.48. The van der Waals surface area contributed by atoms with Crippen LogP contribution in [0.4, 0.5) is 0 Å². The molecule has 26 heavy (non-hydrogen) atoms. The maximum Gasteiger partial charge on any atom is 0.265 e. The molecular formula is C19H18N2O3S2. The van der Waals surface area contributed by atoms with E-state index in [1.807, 2.05) is 49.7 Å². The summed E-state index contributed by atoms with van der Waals surface area (Å²) in [4.78, 5) is 20.9. The number of thiazole rings is 1. The minimum Gasteiger partial charge on any atom is -0.486 e. The summed E-state index contributed by atoms with van der Waals surface area (Å²) < 4.78 is 11.2. The van der Waals surface area contributed by atoms with Gasteiger partial charge in [0.2, 0.25) is 0 Å². The first-order valence-corrected chi connectivity index (χ1v) is 9.97.